The van der Waals surface area contributed by atoms with Crippen molar-refractivity contribution >= 4 is 27.8 Å². The molecule has 0 aliphatic heterocycles. The number of halogens is 2. The Morgan fingerprint density at radius 3 is 2.79 bits per heavy atom. The van der Waals surface area contributed by atoms with Crippen LogP contribution in [0.1, 0.15) is 18.9 Å². The molecule has 104 valence electrons. The van der Waals surface area contributed by atoms with Crippen LogP contribution in [0.25, 0.3) is 0 Å². The number of benzene rings is 1. The molecule has 1 aromatic rings. The number of rotatable bonds is 5. The topological polar surface area (TPSA) is 55.4 Å². The van der Waals surface area contributed by atoms with E-state index in [9.17, 15) is 14.0 Å². The first-order valence-corrected chi connectivity index (χ1v) is 6.54. The van der Waals surface area contributed by atoms with Gasteiger partial charge in [-0.15, -0.1) is 0 Å². The van der Waals surface area contributed by atoms with Crippen molar-refractivity contribution in [2.24, 2.45) is 0 Å². The number of carbonyl (C=O) groups is 2. The van der Waals surface area contributed by atoms with Crippen molar-refractivity contribution in [2.75, 3.05) is 7.11 Å². The van der Waals surface area contributed by atoms with Gasteiger partial charge in [0.1, 0.15) is 11.9 Å². The minimum Gasteiger partial charge on any atom is -0.467 e. The number of aryl methyl sites for hydroxylation is 1. The van der Waals surface area contributed by atoms with Gasteiger partial charge in [-0.3, -0.25) is 4.79 Å². The molecule has 1 N–H and O–H groups in total. The standard InChI is InChI=1S/C13H15BrFNO3/c1-8(13(18)19-2)16-12(17)6-3-9-7-10(15)4-5-11(9)14/h4-5,7-8H,3,6H2,1-2H3,(H,16,17)/t8-/m1/s1. The molecule has 0 fully saturated rings. The maximum atomic E-state index is 13.1. The van der Waals surface area contributed by atoms with Gasteiger partial charge in [-0.05, 0) is 37.1 Å². The van der Waals surface area contributed by atoms with E-state index in [-0.39, 0.29) is 18.1 Å². The van der Waals surface area contributed by atoms with Crippen molar-refractivity contribution in [3.8, 4) is 0 Å². The summed E-state index contributed by atoms with van der Waals surface area (Å²) in [5.41, 5.74) is 0.709. The van der Waals surface area contributed by atoms with Gasteiger partial charge in [-0.1, -0.05) is 15.9 Å². The largest absolute Gasteiger partial charge is 0.467 e. The van der Waals surface area contributed by atoms with Crippen LogP contribution in [0.15, 0.2) is 22.7 Å². The van der Waals surface area contributed by atoms with E-state index in [1.807, 2.05) is 0 Å². The average Bonchev–Trinajstić information content (AvgIpc) is 2.38. The van der Waals surface area contributed by atoms with Crippen LogP contribution < -0.4 is 5.32 Å². The number of methoxy groups -OCH3 is 1. The Kier molecular flexibility index (Phi) is 5.95. The van der Waals surface area contributed by atoms with E-state index in [2.05, 4.69) is 26.0 Å². The number of ether oxygens (including phenoxy) is 1. The van der Waals surface area contributed by atoms with Gasteiger partial charge in [0.2, 0.25) is 5.91 Å². The minimum atomic E-state index is -0.687. The second-order valence-corrected chi connectivity index (χ2v) is 4.90. The zero-order chi connectivity index (χ0) is 14.4. The molecule has 0 heterocycles. The molecular formula is C13H15BrFNO3. The van der Waals surface area contributed by atoms with E-state index < -0.39 is 12.0 Å². The summed E-state index contributed by atoms with van der Waals surface area (Å²) >= 11 is 3.29. The second-order valence-electron chi connectivity index (χ2n) is 4.05. The van der Waals surface area contributed by atoms with Gasteiger partial charge in [0.25, 0.3) is 0 Å². The molecule has 0 aromatic heterocycles. The lowest BCUT2D eigenvalue weighted by Crippen LogP contribution is -2.39. The second kappa shape index (κ2) is 7.23. The van der Waals surface area contributed by atoms with Crippen LogP contribution >= 0.6 is 15.9 Å². The molecule has 0 spiro atoms. The van der Waals surface area contributed by atoms with Crippen molar-refractivity contribution in [2.45, 2.75) is 25.8 Å². The number of amides is 1. The highest BCUT2D eigenvalue weighted by Crippen LogP contribution is 2.19. The zero-order valence-electron chi connectivity index (χ0n) is 10.7. The van der Waals surface area contributed by atoms with Crippen molar-refractivity contribution in [1.82, 2.24) is 5.32 Å². The third kappa shape index (κ3) is 4.98. The molecule has 6 heteroatoms. The lowest BCUT2D eigenvalue weighted by molar-refractivity contribution is -0.144. The summed E-state index contributed by atoms with van der Waals surface area (Å²) in [6.07, 6.45) is 0.557. The molecule has 1 rings (SSSR count). The lowest BCUT2D eigenvalue weighted by atomic mass is 10.1. The number of carbonyl (C=O) groups excluding carboxylic acids is 2. The highest BCUT2D eigenvalue weighted by molar-refractivity contribution is 9.10. The van der Waals surface area contributed by atoms with E-state index in [0.717, 1.165) is 4.47 Å². The summed E-state index contributed by atoms with van der Waals surface area (Å²) in [6, 6.07) is 3.63. The molecule has 0 aliphatic rings. The van der Waals surface area contributed by atoms with Gasteiger partial charge in [-0.25, -0.2) is 9.18 Å². The van der Waals surface area contributed by atoms with Crippen LogP contribution in [-0.2, 0) is 20.7 Å². The molecule has 0 bridgehead atoms. The molecule has 1 amide bonds. The Labute approximate surface area is 119 Å². The Morgan fingerprint density at radius 2 is 2.16 bits per heavy atom. The molecule has 0 unspecified atom stereocenters. The van der Waals surface area contributed by atoms with Gasteiger partial charge < -0.3 is 10.1 Å². The van der Waals surface area contributed by atoms with E-state index in [1.165, 1.54) is 19.2 Å². The van der Waals surface area contributed by atoms with Crippen molar-refractivity contribution in [3.05, 3.63) is 34.1 Å². The molecule has 1 atom stereocenters. The SMILES string of the molecule is COC(=O)[C@@H](C)NC(=O)CCc1cc(F)ccc1Br. The van der Waals surface area contributed by atoms with E-state index in [1.54, 1.807) is 13.0 Å². The van der Waals surface area contributed by atoms with Crippen LogP contribution in [0.5, 0.6) is 0 Å². The lowest BCUT2D eigenvalue weighted by Gasteiger charge is -2.11. The Bertz CT molecular complexity index is 479. The van der Waals surface area contributed by atoms with Crippen molar-refractivity contribution in [3.63, 3.8) is 0 Å². The van der Waals surface area contributed by atoms with Crippen LogP contribution in [0.3, 0.4) is 0 Å². The van der Waals surface area contributed by atoms with Gasteiger partial charge in [0.05, 0.1) is 7.11 Å². The van der Waals surface area contributed by atoms with Gasteiger partial charge >= 0.3 is 5.97 Å². The maximum Gasteiger partial charge on any atom is 0.328 e. The fourth-order valence-corrected chi connectivity index (χ4v) is 1.98. The molecule has 0 saturated heterocycles. The molecule has 0 aliphatic carbocycles. The summed E-state index contributed by atoms with van der Waals surface area (Å²) in [7, 11) is 1.26. The summed E-state index contributed by atoms with van der Waals surface area (Å²) in [4.78, 5) is 22.7. The summed E-state index contributed by atoms with van der Waals surface area (Å²) < 4.78 is 18.3. The monoisotopic (exact) mass is 331 g/mol. The van der Waals surface area contributed by atoms with Crippen molar-refractivity contribution < 1.29 is 18.7 Å². The predicted octanol–water partition coefficient (Wildman–Crippen LogP) is 2.20. The summed E-state index contributed by atoms with van der Waals surface area (Å²) in [5.74, 6) is -1.13. The first-order valence-electron chi connectivity index (χ1n) is 5.75. The Balaban J connectivity index is 2.50. The number of esters is 1. The first kappa shape index (κ1) is 15.6. The number of nitrogens with one attached hydrogen (secondary N) is 1. The van der Waals surface area contributed by atoms with Gasteiger partial charge in [0, 0.05) is 10.9 Å². The minimum absolute atomic E-state index is 0.170. The van der Waals surface area contributed by atoms with E-state index in [4.69, 9.17) is 0 Å². The fraction of sp³-hybridized carbons (Fsp3) is 0.385. The molecule has 0 saturated carbocycles. The first-order chi connectivity index (χ1) is 8.93. The highest BCUT2D eigenvalue weighted by Gasteiger charge is 2.15. The van der Waals surface area contributed by atoms with Crippen LogP contribution in [-0.4, -0.2) is 25.0 Å². The Hall–Kier alpha value is -1.43. The fourth-order valence-electron chi connectivity index (χ4n) is 1.53. The average molecular weight is 332 g/mol. The highest BCUT2D eigenvalue weighted by atomic mass is 79.9. The summed E-state index contributed by atoms with van der Waals surface area (Å²) in [5, 5.41) is 2.51. The number of hydrogen-bond donors (Lipinski definition) is 1. The molecule has 4 nitrogen and oxygen atoms in total. The predicted molar refractivity (Wildman–Crippen MR) is 72.0 cm³/mol. The molecular weight excluding hydrogens is 317 g/mol. The third-order valence-electron chi connectivity index (χ3n) is 2.56. The van der Waals surface area contributed by atoms with Gasteiger partial charge in [-0.2, -0.15) is 0 Å². The van der Waals surface area contributed by atoms with E-state index >= 15 is 0 Å². The maximum absolute atomic E-state index is 13.1. The van der Waals surface area contributed by atoms with E-state index in [0.29, 0.717) is 12.0 Å². The Morgan fingerprint density at radius 1 is 1.47 bits per heavy atom. The van der Waals surface area contributed by atoms with Crippen molar-refractivity contribution in [1.29, 1.82) is 0 Å². The van der Waals surface area contributed by atoms with Crippen LogP contribution in [0.2, 0.25) is 0 Å². The molecule has 1 aromatic carbocycles. The third-order valence-corrected chi connectivity index (χ3v) is 3.34. The smallest absolute Gasteiger partial charge is 0.328 e. The molecule has 19 heavy (non-hydrogen) atoms. The number of hydrogen-bond acceptors (Lipinski definition) is 3. The summed E-state index contributed by atoms with van der Waals surface area (Å²) in [6.45, 7) is 1.54. The normalized spacial score (nSPS) is 11.8. The van der Waals surface area contributed by atoms with Crippen LogP contribution in [0.4, 0.5) is 4.39 Å². The molecule has 0 radical (unpaired) electrons. The van der Waals surface area contributed by atoms with Crippen LogP contribution in [0, 0.1) is 5.82 Å². The zero-order valence-corrected chi connectivity index (χ0v) is 12.3. The van der Waals surface area contributed by atoms with Gasteiger partial charge in [0.15, 0.2) is 0 Å². The quantitative estimate of drug-likeness (QED) is 0.841.